The van der Waals surface area contributed by atoms with E-state index in [1.54, 1.807) is 0 Å². The first-order chi connectivity index (χ1) is 25.2. The Hall–Kier alpha value is -6.84. The summed E-state index contributed by atoms with van der Waals surface area (Å²) in [4.78, 5) is 10.4. The van der Waals surface area contributed by atoms with Gasteiger partial charge in [0.2, 0.25) is 0 Å². The van der Waals surface area contributed by atoms with Crippen molar-refractivity contribution in [3.63, 3.8) is 0 Å². The molecule has 7 aromatic carbocycles. The van der Waals surface area contributed by atoms with Crippen LogP contribution in [0.4, 0.5) is 0 Å². The first kappa shape index (κ1) is 29.1. The highest BCUT2D eigenvalue weighted by Gasteiger charge is 2.17. The van der Waals surface area contributed by atoms with Crippen molar-refractivity contribution in [3.8, 4) is 56.2 Å². The summed E-state index contributed by atoms with van der Waals surface area (Å²) in [5, 5.41) is 7.30. The second-order valence-corrected chi connectivity index (χ2v) is 13.1. The van der Waals surface area contributed by atoms with Gasteiger partial charge >= 0.3 is 0 Å². The third-order valence-electron chi connectivity index (χ3n) is 9.96. The van der Waals surface area contributed by atoms with Gasteiger partial charge in [0.1, 0.15) is 5.65 Å². The summed E-state index contributed by atoms with van der Waals surface area (Å²) in [6, 6.07) is 64.8. The molecule has 0 bridgehead atoms. The largest absolute Gasteiger partial charge is 0.299 e. The number of benzene rings is 7. The molecule has 0 radical (unpaired) electrons. The van der Waals surface area contributed by atoms with Crippen LogP contribution in [0.25, 0.3) is 94.1 Å². The van der Waals surface area contributed by atoms with Crippen molar-refractivity contribution in [1.29, 1.82) is 0 Å². The van der Waals surface area contributed by atoms with E-state index in [1.807, 2.05) is 6.07 Å². The molecule has 3 heterocycles. The first-order valence-corrected chi connectivity index (χ1v) is 17.3. The van der Waals surface area contributed by atoms with Crippen molar-refractivity contribution in [1.82, 2.24) is 14.4 Å². The summed E-state index contributed by atoms with van der Waals surface area (Å²) in [6.07, 6.45) is 2.10. The maximum atomic E-state index is 5.29. The third kappa shape index (κ3) is 5.24. The lowest BCUT2D eigenvalue weighted by atomic mass is 9.96. The van der Waals surface area contributed by atoms with Gasteiger partial charge in [-0.25, -0.2) is 9.97 Å². The predicted octanol–water partition coefficient (Wildman–Crippen LogP) is 12.5. The molecule has 0 spiro atoms. The van der Waals surface area contributed by atoms with Gasteiger partial charge in [-0.1, -0.05) is 140 Å². The molecule has 10 aromatic rings. The van der Waals surface area contributed by atoms with Crippen LogP contribution < -0.4 is 0 Å². The monoisotopic (exact) mass is 649 g/mol. The van der Waals surface area contributed by atoms with Crippen LogP contribution in [0.2, 0.25) is 0 Å². The zero-order valence-corrected chi connectivity index (χ0v) is 27.7. The number of pyridine rings is 2. The van der Waals surface area contributed by atoms with Crippen LogP contribution >= 0.6 is 0 Å². The molecular formula is C48H31N3. The molecule has 238 valence electrons. The minimum absolute atomic E-state index is 0.921. The fourth-order valence-electron chi connectivity index (χ4n) is 7.32. The first-order valence-electron chi connectivity index (χ1n) is 17.3. The maximum Gasteiger partial charge on any atom is 0.137 e. The molecule has 0 fully saturated rings. The summed E-state index contributed by atoms with van der Waals surface area (Å²) >= 11 is 0. The van der Waals surface area contributed by atoms with E-state index >= 15 is 0 Å². The van der Waals surface area contributed by atoms with Crippen molar-refractivity contribution < 1.29 is 0 Å². The Morgan fingerprint density at radius 2 is 0.784 bits per heavy atom. The zero-order chi connectivity index (χ0) is 33.7. The Morgan fingerprint density at radius 1 is 0.314 bits per heavy atom. The van der Waals surface area contributed by atoms with Crippen LogP contribution in [0, 0.1) is 0 Å². The van der Waals surface area contributed by atoms with Crippen LogP contribution in [0.1, 0.15) is 0 Å². The van der Waals surface area contributed by atoms with E-state index in [9.17, 15) is 0 Å². The van der Waals surface area contributed by atoms with Gasteiger partial charge in [-0.2, -0.15) is 0 Å². The Balaban J connectivity index is 1.11. The standard InChI is InChI=1S/C48H31N3/c1-4-12-37-27-40(23-16-32(37)9-1)43-30-44(49-45(31-43)41-24-17-33-10-2-5-13-38(33)28-41)35-19-21-36(22-20-35)48-47(50-46-15-7-8-26-51(46)48)42-25-18-34-11-3-6-14-39(34)29-42/h1-31H. The fraction of sp³-hybridized carbons (Fsp3) is 0. The number of imidazole rings is 1. The Bertz CT molecular complexity index is 2820. The van der Waals surface area contributed by atoms with E-state index in [4.69, 9.17) is 9.97 Å². The molecule has 3 nitrogen and oxygen atoms in total. The van der Waals surface area contributed by atoms with E-state index in [-0.39, 0.29) is 0 Å². The molecule has 0 aliphatic carbocycles. The van der Waals surface area contributed by atoms with Gasteiger partial charge in [-0.3, -0.25) is 4.40 Å². The number of hydrogen-bond donors (Lipinski definition) is 0. The molecule has 0 unspecified atom stereocenters. The summed E-state index contributed by atoms with van der Waals surface area (Å²) < 4.78 is 2.19. The average Bonchev–Trinajstić information content (AvgIpc) is 3.60. The lowest BCUT2D eigenvalue weighted by Crippen LogP contribution is -1.93. The molecule has 0 amide bonds. The van der Waals surface area contributed by atoms with Gasteiger partial charge in [0.15, 0.2) is 0 Å². The van der Waals surface area contributed by atoms with Crippen LogP contribution in [0.5, 0.6) is 0 Å². The minimum atomic E-state index is 0.921. The molecule has 0 saturated heterocycles. The third-order valence-corrected chi connectivity index (χ3v) is 9.96. The molecule has 0 aliphatic rings. The van der Waals surface area contributed by atoms with Crippen LogP contribution in [-0.2, 0) is 0 Å². The van der Waals surface area contributed by atoms with Crippen molar-refractivity contribution in [3.05, 3.63) is 188 Å². The molecule has 3 aromatic heterocycles. The lowest BCUT2D eigenvalue weighted by molar-refractivity contribution is 1.19. The molecule has 0 atom stereocenters. The van der Waals surface area contributed by atoms with Gasteiger partial charge in [-0.05, 0) is 85.9 Å². The number of aromatic nitrogens is 3. The molecular weight excluding hydrogens is 619 g/mol. The zero-order valence-electron chi connectivity index (χ0n) is 27.7. The summed E-state index contributed by atoms with van der Waals surface area (Å²) in [5.41, 5.74) is 11.5. The highest BCUT2D eigenvalue weighted by molar-refractivity contribution is 5.92. The number of hydrogen-bond acceptors (Lipinski definition) is 2. The molecule has 0 aliphatic heterocycles. The number of rotatable bonds is 5. The van der Waals surface area contributed by atoms with Crippen LogP contribution in [-0.4, -0.2) is 14.4 Å². The molecule has 10 rings (SSSR count). The van der Waals surface area contributed by atoms with E-state index in [0.29, 0.717) is 0 Å². The number of fused-ring (bicyclic) bond motifs is 4. The van der Waals surface area contributed by atoms with Gasteiger partial charge in [-0.15, -0.1) is 0 Å². The molecule has 0 saturated carbocycles. The number of nitrogens with zero attached hydrogens (tertiary/aromatic N) is 3. The predicted molar refractivity (Wildman–Crippen MR) is 213 cm³/mol. The highest BCUT2D eigenvalue weighted by atomic mass is 15.0. The summed E-state index contributed by atoms with van der Waals surface area (Å²) in [7, 11) is 0. The van der Waals surface area contributed by atoms with E-state index in [0.717, 1.165) is 56.2 Å². The summed E-state index contributed by atoms with van der Waals surface area (Å²) in [6.45, 7) is 0. The molecule has 3 heteroatoms. The second-order valence-electron chi connectivity index (χ2n) is 13.1. The molecule has 0 N–H and O–H groups in total. The van der Waals surface area contributed by atoms with Crippen molar-refractivity contribution in [2.45, 2.75) is 0 Å². The van der Waals surface area contributed by atoms with Gasteiger partial charge < -0.3 is 0 Å². The highest BCUT2D eigenvalue weighted by Crippen LogP contribution is 2.37. The Labute approximate surface area is 295 Å². The average molecular weight is 650 g/mol. The van der Waals surface area contributed by atoms with Crippen molar-refractivity contribution in [2.24, 2.45) is 0 Å². The smallest absolute Gasteiger partial charge is 0.137 e. The van der Waals surface area contributed by atoms with Gasteiger partial charge in [0, 0.05) is 28.5 Å². The van der Waals surface area contributed by atoms with Crippen LogP contribution in [0.3, 0.4) is 0 Å². The lowest BCUT2D eigenvalue weighted by Gasteiger charge is -2.12. The molecule has 51 heavy (non-hydrogen) atoms. The quantitative estimate of drug-likeness (QED) is 0.186. The van der Waals surface area contributed by atoms with Gasteiger partial charge in [0.25, 0.3) is 0 Å². The summed E-state index contributed by atoms with van der Waals surface area (Å²) in [5.74, 6) is 0. The SMILES string of the molecule is c1ccc2cc(-c3cc(-c4ccc(-c5c(-c6ccc7ccccc7c6)nc6ccccn56)cc4)nc(-c4ccc5ccccc5c4)c3)ccc2c1. The Morgan fingerprint density at radius 3 is 1.43 bits per heavy atom. The maximum absolute atomic E-state index is 5.29. The fourth-order valence-corrected chi connectivity index (χ4v) is 7.32. The van der Waals surface area contributed by atoms with Gasteiger partial charge in [0.05, 0.1) is 22.8 Å². The van der Waals surface area contributed by atoms with E-state index in [1.165, 1.54) is 37.9 Å². The Kier molecular flexibility index (Phi) is 6.81. The van der Waals surface area contributed by atoms with Crippen molar-refractivity contribution >= 4 is 38.0 Å². The van der Waals surface area contributed by atoms with E-state index < -0.39 is 0 Å². The topological polar surface area (TPSA) is 30.2 Å². The van der Waals surface area contributed by atoms with E-state index in [2.05, 4.69) is 187 Å². The van der Waals surface area contributed by atoms with Crippen molar-refractivity contribution in [2.75, 3.05) is 0 Å². The normalized spacial score (nSPS) is 11.5. The van der Waals surface area contributed by atoms with Crippen LogP contribution in [0.15, 0.2) is 188 Å². The second kappa shape index (κ2) is 11.9. The minimum Gasteiger partial charge on any atom is -0.299 e.